The third-order valence-electron chi connectivity index (χ3n) is 5.96. The first-order valence-electron chi connectivity index (χ1n) is 11.0. The van der Waals surface area contributed by atoms with E-state index >= 15 is 0 Å². The molecule has 1 N–H and O–H groups in total. The van der Waals surface area contributed by atoms with Gasteiger partial charge >= 0.3 is 0 Å². The molecule has 2 aromatic heterocycles. The molecule has 1 aliphatic carbocycles. The van der Waals surface area contributed by atoms with Crippen LogP contribution in [0.4, 0.5) is 11.6 Å². The maximum Gasteiger partial charge on any atom is 0.222 e. The van der Waals surface area contributed by atoms with E-state index in [0.717, 1.165) is 80.2 Å². The molecule has 5 rings (SSSR count). The third kappa shape index (κ3) is 4.69. The molecule has 1 saturated heterocycles. The molecule has 0 bridgehead atoms. The van der Waals surface area contributed by atoms with E-state index in [-0.39, 0.29) is 6.10 Å². The lowest BCUT2D eigenvalue weighted by Crippen LogP contribution is -2.36. The lowest BCUT2D eigenvalue weighted by Gasteiger charge is -2.31. The quantitative estimate of drug-likeness (QED) is 0.673. The number of fused-ring (bicyclic) bond motifs is 1. The number of hydrogen-bond donors (Lipinski definition) is 1. The van der Waals surface area contributed by atoms with Gasteiger partial charge in [0.15, 0.2) is 0 Å². The zero-order chi connectivity index (χ0) is 21.0. The molecule has 8 heteroatoms. The summed E-state index contributed by atoms with van der Waals surface area (Å²) in [6, 6.07) is 6.45. The maximum absolute atomic E-state index is 6.52. The van der Waals surface area contributed by atoms with Crippen LogP contribution >= 0.6 is 0 Å². The monoisotopic (exact) mass is 420 g/mol. The molecule has 0 unspecified atom stereocenters. The van der Waals surface area contributed by atoms with E-state index in [1.807, 2.05) is 19.2 Å². The van der Waals surface area contributed by atoms with Gasteiger partial charge in [-0.25, -0.2) is 19.9 Å². The summed E-state index contributed by atoms with van der Waals surface area (Å²) in [5.41, 5.74) is 3.76. The van der Waals surface area contributed by atoms with Crippen molar-refractivity contribution < 1.29 is 9.47 Å². The van der Waals surface area contributed by atoms with Crippen LogP contribution in [0.15, 0.2) is 36.8 Å². The van der Waals surface area contributed by atoms with Gasteiger partial charge in [-0.2, -0.15) is 0 Å². The fraction of sp³-hybridized carbons (Fsp3) is 0.478. The minimum atomic E-state index is 0.168. The second kappa shape index (κ2) is 9.01. The molecule has 31 heavy (non-hydrogen) atoms. The van der Waals surface area contributed by atoms with Crippen molar-refractivity contribution in [1.29, 1.82) is 0 Å². The van der Waals surface area contributed by atoms with E-state index in [0.29, 0.717) is 12.0 Å². The molecule has 2 aliphatic rings. The Kier molecular flexibility index (Phi) is 5.80. The van der Waals surface area contributed by atoms with Gasteiger partial charge in [0, 0.05) is 49.5 Å². The maximum atomic E-state index is 6.52. The van der Waals surface area contributed by atoms with Gasteiger partial charge in [0.2, 0.25) is 5.95 Å². The predicted molar refractivity (Wildman–Crippen MR) is 120 cm³/mol. The van der Waals surface area contributed by atoms with Gasteiger partial charge in [0.05, 0.1) is 30.5 Å². The molecule has 3 heterocycles. The molecule has 0 atom stereocenters. The lowest BCUT2D eigenvalue weighted by atomic mass is 9.93. The van der Waals surface area contributed by atoms with Crippen LogP contribution in [0.5, 0.6) is 5.75 Å². The number of benzene rings is 1. The lowest BCUT2D eigenvalue weighted by molar-refractivity contribution is 0.122. The first-order valence-corrected chi connectivity index (χ1v) is 11.0. The molecule has 162 valence electrons. The number of rotatable bonds is 5. The van der Waals surface area contributed by atoms with E-state index in [2.05, 4.69) is 37.3 Å². The zero-order valence-electron chi connectivity index (χ0n) is 17.8. The Balaban J connectivity index is 1.31. The molecular weight excluding hydrogens is 392 g/mol. The van der Waals surface area contributed by atoms with Crippen molar-refractivity contribution in [2.75, 3.05) is 36.5 Å². The second-order valence-electron chi connectivity index (χ2n) is 8.23. The number of nitrogens with zero attached hydrogens (tertiary/aromatic N) is 5. The Labute approximate surface area is 182 Å². The van der Waals surface area contributed by atoms with Crippen molar-refractivity contribution in [2.45, 2.75) is 44.8 Å². The Bertz CT molecular complexity index is 1020. The average Bonchev–Trinajstić information content (AvgIpc) is 2.81. The summed E-state index contributed by atoms with van der Waals surface area (Å²) in [7, 11) is 0. The molecule has 0 spiro atoms. The first-order chi connectivity index (χ1) is 15.2. The van der Waals surface area contributed by atoms with Gasteiger partial charge < -0.3 is 19.7 Å². The predicted octanol–water partition coefficient (Wildman–Crippen LogP) is 3.37. The topological polar surface area (TPSA) is 85.3 Å². The summed E-state index contributed by atoms with van der Waals surface area (Å²) in [6.07, 6.45) is 9.51. The van der Waals surface area contributed by atoms with Crippen LogP contribution in [0.25, 0.3) is 11.0 Å². The van der Waals surface area contributed by atoms with Crippen LogP contribution in [0, 0.1) is 6.92 Å². The van der Waals surface area contributed by atoms with Gasteiger partial charge in [0.25, 0.3) is 0 Å². The van der Waals surface area contributed by atoms with Gasteiger partial charge in [0.1, 0.15) is 11.3 Å². The normalized spacial score (nSPS) is 21.8. The van der Waals surface area contributed by atoms with Gasteiger partial charge in [-0.1, -0.05) is 0 Å². The number of morpholine rings is 1. The summed E-state index contributed by atoms with van der Waals surface area (Å²) in [6.45, 7) is 5.22. The Morgan fingerprint density at radius 1 is 1.03 bits per heavy atom. The highest BCUT2D eigenvalue weighted by atomic mass is 16.5. The van der Waals surface area contributed by atoms with Crippen molar-refractivity contribution in [3.8, 4) is 5.75 Å². The molecular formula is C23H28N6O2. The number of nitrogens with one attached hydrogen (secondary N) is 1. The van der Waals surface area contributed by atoms with E-state index in [1.54, 1.807) is 12.4 Å². The highest BCUT2D eigenvalue weighted by Crippen LogP contribution is 2.33. The highest BCUT2D eigenvalue weighted by molar-refractivity contribution is 5.85. The second-order valence-corrected chi connectivity index (χ2v) is 8.23. The molecule has 0 radical (unpaired) electrons. The molecule has 1 aliphatic heterocycles. The van der Waals surface area contributed by atoms with Crippen molar-refractivity contribution >= 4 is 22.7 Å². The largest absolute Gasteiger partial charge is 0.488 e. The average molecular weight is 421 g/mol. The fourth-order valence-electron chi connectivity index (χ4n) is 4.33. The third-order valence-corrected chi connectivity index (χ3v) is 5.96. The molecule has 8 nitrogen and oxygen atoms in total. The smallest absolute Gasteiger partial charge is 0.222 e. The number of aryl methyl sites for hydroxylation is 1. The number of aromatic nitrogens is 4. The number of anilines is 2. The summed E-state index contributed by atoms with van der Waals surface area (Å²) in [5, 5.41) is 3.43. The van der Waals surface area contributed by atoms with Crippen LogP contribution in [0.3, 0.4) is 0 Å². The Hall–Kier alpha value is -3.00. The van der Waals surface area contributed by atoms with Crippen molar-refractivity contribution in [1.82, 2.24) is 19.9 Å². The van der Waals surface area contributed by atoms with Crippen LogP contribution < -0.4 is 15.0 Å². The molecule has 3 aromatic rings. The fourth-order valence-corrected chi connectivity index (χ4v) is 4.33. The first kappa shape index (κ1) is 19.9. The minimum absolute atomic E-state index is 0.168. The summed E-state index contributed by atoms with van der Waals surface area (Å²) >= 11 is 0. The van der Waals surface area contributed by atoms with Crippen LogP contribution in [-0.2, 0) is 4.74 Å². The van der Waals surface area contributed by atoms with E-state index in [4.69, 9.17) is 14.5 Å². The van der Waals surface area contributed by atoms with Crippen molar-refractivity contribution in [2.24, 2.45) is 0 Å². The van der Waals surface area contributed by atoms with Crippen molar-refractivity contribution in [3.63, 3.8) is 0 Å². The number of hydrogen-bond acceptors (Lipinski definition) is 8. The summed E-state index contributed by atoms with van der Waals surface area (Å²) < 4.78 is 12.0. The molecule has 2 fully saturated rings. The van der Waals surface area contributed by atoms with Gasteiger partial charge in [-0.05, 0) is 44.7 Å². The van der Waals surface area contributed by atoms with Gasteiger partial charge in [-0.15, -0.1) is 0 Å². The van der Waals surface area contributed by atoms with E-state index < -0.39 is 0 Å². The Morgan fingerprint density at radius 3 is 2.58 bits per heavy atom. The summed E-state index contributed by atoms with van der Waals surface area (Å²) in [4.78, 5) is 20.2. The molecule has 1 aromatic carbocycles. The Morgan fingerprint density at radius 2 is 1.81 bits per heavy atom. The minimum Gasteiger partial charge on any atom is -0.488 e. The zero-order valence-corrected chi connectivity index (χ0v) is 17.8. The van der Waals surface area contributed by atoms with Crippen molar-refractivity contribution in [3.05, 3.63) is 42.5 Å². The highest BCUT2D eigenvalue weighted by Gasteiger charge is 2.24. The van der Waals surface area contributed by atoms with E-state index in [9.17, 15) is 0 Å². The number of ether oxygens (including phenoxy) is 2. The standard InChI is InChI=1S/C23H28N6O2/c1-16-15-26-22-20(27-16)13-18(29-9-11-30-12-10-29)14-21(22)31-19-5-3-17(4-6-19)28-23-24-7-2-8-25-23/h2,7-8,13-15,17,19H,3-6,9-12H2,1H3,(H,24,25,28). The van der Waals surface area contributed by atoms with Crippen LogP contribution in [0.1, 0.15) is 31.4 Å². The van der Waals surface area contributed by atoms with E-state index in [1.165, 1.54) is 0 Å². The van der Waals surface area contributed by atoms with Crippen LogP contribution in [0.2, 0.25) is 0 Å². The van der Waals surface area contributed by atoms with Crippen LogP contribution in [-0.4, -0.2) is 58.4 Å². The molecule has 0 amide bonds. The molecule has 1 saturated carbocycles. The SMILES string of the molecule is Cc1cnc2c(OC3CCC(Nc4ncccn4)CC3)cc(N3CCOCC3)cc2n1. The summed E-state index contributed by atoms with van der Waals surface area (Å²) in [5.74, 6) is 1.52. The van der Waals surface area contributed by atoms with Gasteiger partial charge in [-0.3, -0.25) is 0 Å².